The van der Waals surface area contributed by atoms with E-state index >= 15 is 0 Å². The standard InChI is InChI=1S/C12H19N5O2S/c1-12(2)10(19)16(4)5-6-17(12)9(18)7-8(13)15-11(14-3)20-7/h5-6,13H2,1-4H3,(H,14,15). The molecule has 110 valence electrons. The van der Waals surface area contributed by atoms with Gasteiger partial charge in [0.2, 0.25) is 5.91 Å². The zero-order chi connectivity index (χ0) is 15.1. The Morgan fingerprint density at radius 3 is 2.65 bits per heavy atom. The van der Waals surface area contributed by atoms with Crippen LogP contribution in [0.15, 0.2) is 0 Å². The van der Waals surface area contributed by atoms with Crippen LogP contribution in [0.4, 0.5) is 10.9 Å². The summed E-state index contributed by atoms with van der Waals surface area (Å²) < 4.78 is 0. The summed E-state index contributed by atoms with van der Waals surface area (Å²) in [6, 6.07) is 0. The zero-order valence-corrected chi connectivity index (χ0v) is 12.9. The summed E-state index contributed by atoms with van der Waals surface area (Å²) in [5, 5.41) is 3.45. The van der Waals surface area contributed by atoms with Gasteiger partial charge in [0.05, 0.1) is 0 Å². The summed E-state index contributed by atoms with van der Waals surface area (Å²) in [6.45, 7) is 4.50. The summed E-state index contributed by atoms with van der Waals surface area (Å²) in [6.07, 6.45) is 0. The molecule has 0 radical (unpaired) electrons. The summed E-state index contributed by atoms with van der Waals surface area (Å²) in [5.74, 6) is -0.117. The topological polar surface area (TPSA) is 91.6 Å². The van der Waals surface area contributed by atoms with Gasteiger partial charge < -0.3 is 20.9 Å². The Kier molecular flexibility index (Phi) is 3.59. The van der Waals surface area contributed by atoms with E-state index in [0.717, 1.165) is 0 Å². The second kappa shape index (κ2) is 4.93. The molecular formula is C12H19N5O2S. The molecule has 2 rings (SSSR count). The monoisotopic (exact) mass is 297 g/mol. The van der Waals surface area contributed by atoms with Gasteiger partial charge in [-0.3, -0.25) is 9.59 Å². The van der Waals surface area contributed by atoms with Crippen molar-refractivity contribution in [3.05, 3.63) is 4.88 Å². The van der Waals surface area contributed by atoms with Crippen molar-refractivity contribution < 1.29 is 9.59 Å². The molecule has 8 heteroatoms. The van der Waals surface area contributed by atoms with Gasteiger partial charge in [-0.25, -0.2) is 4.98 Å². The normalized spacial score (nSPS) is 18.3. The van der Waals surface area contributed by atoms with Crippen LogP contribution in [0.1, 0.15) is 23.5 Å². The molecule has 0 saturated carbocycles. The predicted octanol–water partition coefficient (Wildman–Crippen LogP) is 0.460. The molecular weight excluding hydrogens is 278 g/mol. The fraction of sp³-hybridized carbons (Fsp3) is 0.583. The first-order chi connectivity index (χ1) is 9.28. The van der Waals surface area contributed by atoms with Crippen LogP contribution >= 0.6 is 11.3 Å². The van der Waals surface area contributed by atoms with Crippen molar-refractivity contribution in [1.82, 2.24) is 14.8 Å². The van der Waals surface area contributed by atoms with Crippen molar-refractivity contribution in [2.45, 2.75) is 19.4 Å². The van der Waals surface area contributed by atoms with E-state index < -0.39 is 5.54 Å². The van der Waals surface area contributed by atoms with Gasteiger partial charge in [-0.05, 0) is 13.8 Å². The fourth-order valence-corrected chi connectivity index (χ4v) is 3.07. The van der Waals surface area contributed by atoms with Crippen LogP contribution in [-0.4, -0.2) is 59.3 Å². The highest BCUT2D eigenvalue weighted by Crippen LogP contribution is 2.30. The maximum Gasteiger partial charge on any atom is 0.268 e. The maximum absolute atomic E-state index is 12.6. The van der Waals surface area contributed by atoms with Crippen LogP contribution in [0.2, 0.25) is 0 Å². The van der Waals surface area contributed by atoms with E-state index in [9.17, 15) is 9.59 Å². The van der Waals surface area contributed by atoms with E-state index in [1.165, 1.54) is 11.3 Å². The van der Waals surface area contributed by atoms with E-state index in [0.29, 0.717) is 23.1 Å². The second-order valence-electron chi connectivity index (χ2n) is 5.23. The largest absolute Gasteiger partial charge is 0.382 e. The number of likely N-dealkylation sites (N-methyl/N-ethyl adjacent to an activating group) is 1. The van der Waals surface area contributed by atoms with Gasteiger partial charge in [0.15, 0.2) is 5.13 Å². The average Bonchev–Trinajstić information content (AvgIpc) is 2.77. The third kappa shape index (κ3) is 2.20. The third-order valence-electron chi connectivity index (χ3n) is 3.51. The lowest BCUT2D eigenvalue weighted by Gasteiger charge is -2.44. The average molecular weight is 297 g/mol. The Morgan fingerprint density at radius 1 is 1.45 bits per heavy atom. The molecule has 20 heavy (non-hydrogen) atoms. The molecule has 0 unspecified atom stereocenters. The summed E-state index contributed by atoms with van der Waals surface area (Å²) >= 11 is 1.20. The van der Waals surface area contributed by atoms with Gasteiger partial charge in [0.25, 0.3) is 5.91 Å². The van der Waals surface area contributed by atoms with E-state index in [4.69, 9.17) is 5.73 Å². The number of thiazole rings is 1. The quantitative estimate of drug-likeness (QED) is 0.827. The third-order valence-corrected chi connectivity index (χ3v) is 4.59. The minimum atomic E-state index is -0.875. The molecule has 2 heterocycles. The van der Waals surface area contributed by atoms with Crippen molar-refractivity contribution in [2.24, 2.45) is 0 Å². The number of nitrogen functional groups attached to an aromatic ring is 1. The number of piperazine rings is 1. The molecule has 1 aliphatic rings. The first-order valence-electron chi connectivity index (χ1n) is 6.30. The van der Waals surface area contributed by atoms with E-state index in [1.807, 2.05) is 0 Å². The molecule has 3 N–H and O–H groups in total. The van der Waals surface area contributed by atoms with Crippen LogP contribution in [-0.2, 0) is 4.79 Å². The number of rotatable bonds is 2. The molecule has 1 aromatic rings. The molecule has 1 aliphatic heterocycles. The Bertz CT molecular complexity index is 554. The number of carbonyl (C=O) groups excluding carboxylic acids is 2. The Hall–Kier alpha value is -1.83. The van der Waals surface area contributed by atoms with Crippen molar-refractivity contribution in [2.75, 3.05) is 38.2 Å². The van der Waals surface area contributed by atoms with Crippen LogP contribution < -0.4 is 11.1 Å². The lowest BCUT2D eigenvalue weighted by Crippen LogP contribution is -2.63. The van der Waals surface area contributed by atoms with Crippen molar-refractivity contribution >= 4 is 34.1 Å². The molecule has 1 fully saturated rings. The molecule has 0 spiro atoms. The number of amides is 2. The van der Waals surface area contributed by atoms with Gasteiger partial charge in [-0.2, -0.15) is 0 Å². The maximum atomic E-state index is 12.6. The second-order valence-corrected chi connectivity index (χ2v) is 6.22. The SMILES string of the molecule is CNc1nc(N)c(C(=O)N2CCN(C)C(=O)C2(C)C)s1. The number of aromatic nitrogens is 1. The number of nitrogens with two attached hydrogens (primary N) is 1. The van der Waals surface area contributed by atoms with E-state index in [-0.39, 0.29) is 17.6 Å². The zero-order valence-electron chi connectivity index (χ0n) is 12.1. The fourth-order valence-electron chi connectivity index (χ4n) is 2.28. The van der Waals surface area contributed by atoms with Gasteiger partial charge in [-0.1, -0.05) is 11.3 Å². The predicted molar refractivity (Wildman–Crippen MR) is 78.8 cm³/mol. The van der Waals surface area contributed by atoms with Crippen LogP contribution in [0.3, 0.4) is 0 Å². The molecule has 7 nitrogen and oxygen atoms in total. The van der Waals surface area contributed by atoms with E-state index in [2.05, 4.69) is 10.3 Å². The van der Waals surface area contributed by atoms with Crippen molar-refractivity contribution in [3.63, 3.8) is 0 Å². The lowest BCUT2D eigenvalue weighted by atomic mass is 9.97. The van der Waals surface area contributed by atoms with Gasteiger partial charge >= 0.3 is 0 Å². The number of hydrogen-bond acceptors (Lipinski definition) is 6. The summed E-state index contributed by atoms with van der Waals surface area (Å²) in [4.78, 5) is 32.5. The van der Waals surface area contributed by atoms with Crippen molar-refractivity contribution in [1.29, 1.82) is 0 Å². The first-order valence-corrected chi connectivity index (χ1v) is 7.12. The van der Waals surface area contributed by atoms with Gasteiger partial charge in [0, 0.05) is 27.2 Å². The molecule has 0 atom stereocenters. The highest BCUT2D eigenvalue weighted by atomic mass is 32.1. The molecule has 2 amide bonds. The number of anilines is 2. The minimum Gasteiger partial charge on any atom is -0.382 e. The summed E-state index contributed by atoms with van der Waals surface area (Å²) in [5.41, 5.74) is 4.92. The minimum absolute atomic E-state index is 0.0750. The Labute approximate surface area is 121 Å². The highest BCUT2D eigenvalue weighted by molar-refractivity contribution is 7.18. The lowest BCUT2D eigenvalue weighted by molar-refractivity contribution is -0.144. The van der Waals surface area contributed by atoms with Gasteiger partial charge in [-0.15, -0.1) is 0 Å². The molecule has 0 bridgehead atoms. The van der Waals surface area contributed by atoms with Crippen molar-refractivity contribution in [3.8, 4) is 0 Å². The molecule has 0 aliphatic carbocycles. The molecule has 1 saturated heterocycles. The van der Waals surface area contributed by atoms with Crippen LogP contribution in [0.5, 0.6) is 0 Å². The Morgan fingerprint density at radius 2 is 2.10 bits per heavy atom. The highest BCUT2D eigenvalue weighted by Gasteiger charge is 2.44. The smallest absolute Gasteiger partial charge is 0.268 e. The van der Waals surface area contributed by atoms with Crippen LogP contribution in [0.25, 0.3) is 0 Å². The first kappa shape index (κ1) is 14.6. The number of nitrogens with zero attached hydrogens (tertiary/aromatic N) is 3. The molecule has 0 aromatic carbocycles. The summed E-state index contributed by atoms with van der Waals surface area (Å²) in [7, 11) is 3.46. The van der Waals surface area contributed by atoms with Crippen LogP contribution in [0, 0.1) is 0 Å². The van der Waals surface area contributed by atoms with E-state index in [1.54, 1.807) is 37.7 Å². The number of carbonyl (C=O) groups is 2. The number of nitrogens with one attached hydrogen (secondary N) is 1. The molecule has 1 aromatic heterocycles. The Balaban J connectivity index is 2.33. The van der Waals surface area contributed by atoms with Gasteiger partial charge in [0.1, 0.15) is 16.2 Å². The number of hydrogen-bond donors (Lipinski definition) is 2.